The van der Waals surface area contributed by atoms with Crippen LogP contribution in [0.2, 0.25) is 0 Å². The molecule has 3 rings (SSSR count). The molecule has 1 saturated heterocycles. The Bertz CT molecular complexity index is 664. The van der Waals surface area contributed by atoms with Crippen LogP contribution in [0, 0.1) is 0 Å². The number of carboxylic acid groups (broad SMARTS) is 1. The van der Waals surface area contributed by atoms with Gasteiger partial charge >= 0.3 is 5.97 Å². The number of thioether (sulfide) groups is 1. The van der Waals surface area contributed by atoms with E-state index in [4.69, 9.17) is 9.52 Å². The third-order valence-electron chi connectivity index (χ3n) is 3.01. The zero-order valence-electron chi connectivity index (χ0n) is 9.96. The van der Waals surface area contributed by atoms with Crippen molar-refractivity contribution in [1.82, 2.24) is 4.90 Å². The normalized spacial score (nSPS) is 15.4. The molecule has 98 valence electrons. The number of benzene rings is 1. The van der Waals surface area contributed by atoms with E-state index in [0.29, 0.717) is 12.1 Å². The minimum atomic E-state index is -1.08. The van der Waals surface area contributed by atoms with Gasteiger partial charge in [-0.25, -0.2) is 4.79 Å². The van der Waals surface area contributed by atoms with Crippen molar-refractivity contribution in [2.75, 3.05) is 12.3 Å². The highest BCUT2D eigenvalue weighted by Gasteiger charge is 2.21. The molecule has 0 aliphatic carbocycles. The first kappa shape index (κ1) is 12.1. The van der Waals surface area contributed by atoms with Crippen LogP contribution in [0.3, 0.4) is 0 Å². The number of rotatable bonds is 3. The predicted molar refractivity (Wildman–Crippen MR) is 71.4 cm³/mol. The topological polar surface area (TPSA) is 70.8 Å². The Morgan fingerprint density at radius 2 is 2.26 bits per heavy atom. The second-order valence-electron chi connectivity index (χ2n) is 4.32. The summed E-state index contributed by atoms with van der Waals surface area (Å²) >= 11 is 1.33. The number of fused-ring (bicyclic) bond motifs is 1. The van der Waals surface area contributed by atoms with Crippen LogP contribution in [0.5, 0.6) is 0 Å². The summed E-state index contributed by atoms with van der Waals surface area (Å²) in [6, 6.07) is 6.96. The molecule has 1 aromatic heterocycles. The van der Waals surface area contributed by atoms with Gasteiger partial charge in [-0.3, -0.25) is 4.79 Å². The summed E-state index contributed by atoms with van der Waals surface area (Å²) in [5.41, 5.74) is 1.52. The van der Waals surface area contributed by atoms with Crippen LogP contribution in [0.25, 0.3) is 11.0 Å². The Labute approximate surface area is 113 Å². The molecule has 5 nitrogen and oxygen atoms in total. The molecular formula is C13H11NO4S. The number of carboxylic acids is 1. The van der Waals surface area contributed by atoms with Gasteiger partial charge < -0.3 is 14.4 Å². The lowest BCUT2D eigenvalue weighted by atomic mass is 10.1. The molecule has 1 aliphatic rings. The van der Waals surface area contributed by atoms with E-state index in [1.165, 1.54) is 17.8 Å². The van der Waals surface area contributed by atoms with E-state index in [1.54, 1.807) is 11.0 Å². The molecule has 2 aromatic rings. The number of aromatic carboxylic acids is 1. The van der Waals surface area contributed by atoms with E-state index in [9.17, 15) is 9.59 Å². The highest BCUT2D eigenvalue weighted by Crippen LogP contribution is 2.24. The molecule has 1 N–H and O–H groups in total. The van der Waals surface area contributed by atoms with Crippen molar-refractivity contribution in [1.29, 1.82) is 0 Å². The molecule has 19 heavy (non-hydrogen) atoms. The summed E-state index contributed by atoms with van der Waals surface area (Å²) in [5.74, 6) is -0.320. The molecule has 1 aromatic carbocycles. The van der Waals surface area contributed by atoms with Gasteiger partial charge in [0.25, 0.3) is 5.24 Å². The molecule has 0 radical (unpaired) electrons. The van der Waals surface area contributed by atoms with Crippen LogP contribution in [0.15, 0.2) is 28.7 Å². The first-order valence-electron chi connectivity index (χ1n) is 5.81. The van der Waals surface area contributed by atoms with Gasteiger partial charge in [0.1, 0.15) is 5.58 Å². The SMILES string of the molecule is O=C(O)c1cc2cc(CN3CCSC3=O)ccc2o1. The standard InChI is InChI=1S/C13H11NO4S/c15-12(16)11-6-9-5-8(1-2-10(9)18-11)7-14-3-4-19-13(14)17/h1-2,5-6H,3-4,7H2,(H,15,16). The average Bonchev–Trinajstić information content (AvgIpc) is 2.96. The minimum Gasteiger partial charge on any atom is -0.475 e. The maximum absolute atomic E-state index is 11.5. The molecule has 1 fully saturated rings. The Morgan fingerprint density at radius 1 is 1.42 bits per heavy atom. The van der Waals surface area contributed by atoms with E-state index in [-0.39, 0.29) is 11.0 Å². The highest BCUT2D eigenvalue weighted by atomic mass is 32.2. The Kier molecular flexibility index (Phi) is 2.94. The molecule has 2 heterocycles. The van der Waals surface area contributed by atoms with E-state index in [1.807, 2.05) is 12.1 Å². The molecule has 1 amide bonds. The van der Waals surface area contributed by atoms with Gasteiger partial charge in [-0.15, -0.1) is 0 Å². The quantitative estimate of drug-likeness (QED) is 0.934. The molecule has 6 heteroatoms. The van der Waals surface area contributed by atoms with Crippen LogP contribution in [0.1, 0.15) is 16.1 Å². The van der Waals surface area contributed by atoms with Crippen molar-refractivity contribution in [3.8, 4) is 0 Å². The molecule has 0 atom stereocenters. The number of carbonyl (C=O) groups excluding carboxylic acids is 1. The fourth-order valence-electron chi connectivity index (χ4n) is 2.09. The van der Waals surface area contributed by atoms with E-state index in [2.05, 4.69) is 0 Å². The van der Waals surface area contributed by atoms with Crippen molar-refractivity contribution in [3.63, 3.8) is 0 Å². The fourth-order valence-corrected chi connectivity index (χ4v) is 2.91. The largest absolute Gasteiger partial charge is 0.475 e. The zero-order valence-corrected chi connectivity index (χ0v) is 10.8. The van der Waals surface area contributed by atoms with Gasteiger partial charge in [-0.05, 0) is 23.8 Å². The van der Waals surface area contributed by atoms with E-state index >= 15 is 0 Å². The summed E-state index contributed by atoms with van der Waals surface area (Å²) in [6.07, 6.45) is 0. The number of hydrogen-bond acceptors (Lipinski definition) is 4. The lowest BCUT2D eigenvalue weighted by Crippen LogP contribution is -2.22. The summed E-state index contributed by atoms with van der Waals surface area (Å²) in [5, 5.41) is 9.71. The second kappa shape index (κ2) is 4.62. The monoisotopic (exact) mass is 277 g/mol. The number of nitrogens with zero attached hydrogens (tertiary/aromatic N) is 1. The second-order valence-corrected chi connectivity index (χ2v) is 5.37. The maximum atomic E-state index is 11.5. The van der Waals surface area contributed by atoms with Crippen molar-refractivity contribution in [2.24, 2.45) is 0 Å². The molecule has 1 aliphatic heterocycles. The first-order valence-corrected chi connectivity index (χ1v) is 6.79. The maximum Gasteiger partial charge on any atom is 0.371 e. The van der Waals surface area contributed by atoms with Crippen molar-refractivity contribution in [2.45, 2.75) is 6.54 Å². The summed E-state index contributed by atoms with van der Waals surface area (Å²) in [6.45, 7) is 1.31. The number of carbonyl (C=O) groups is 2. The van der Waals surface area contributed by atoms with Crippen molar-refractivity contribution < 1.29 is 19.1 Å². The lowest BCUT2D eigenvalue weighted by Gasteiger charge is -2.14. The van der Waals surface area contributed by atoms with Gasteiger partial charge in [0.15, 0.2) is 0 Å². The third kappa shape index (κ3) is 2.31. The smallest absolute Gasteiger partial charge is 0.371 e. The molecule has 0 bridgehead atoms. The molecule has 0 saturated carbocycles. The molecule has 0 spiro atoms. The summed E-state index contributed by atoms with van der Waals surface area (Å²) in [4.78, 5) is 24.1. The van der Waals surface area contributed by atoms with Crippen LogP contribution in [-0.4, -0.2) is 33.5 Å². The fraction of sp³-hybridized carbons (Fsp3) is 0.231. The van der Waals surface area contributed by atoms with E-state index in [0.717, 1.165) is 23.2 Å². The van der Waals surface area contributed by atoms with Crippen molar-refractivity contribution >= 4 is 33.9 Å². The minimum absolute atomic E-state index is 0.0695. The predicted octanol–water partition coefficient (Wildman–Crippen LogP) is 2.80. The Balaban J connectivity index is 1.88. The van der Waals surface area contributed by atoms with Gasteiger partial charge in [0.05, 0.1) is 0 Å². The lowest BCUT2D eigenvalue weighted by molar-refractivity contribution is 0.0665. The van der Waals surface area contributed by atoms with Gasteiger partial charge in [0.2, 0.25) is 5.76 Å². The Morgan fingerprint density at radius 3 is 2.95 bits per heavy atom. The first-order chi connectivity index (χ1) is 9.13. The van der Waals surface area contributed by atoms with E-state index < -0.39 is 5.97 Å². The third-order valence-corrected chi connectivity index (χ3v) is 3.90. The highest BCUT2D eigenvalue weighted by molar-refractivity contribution is 8.13. The van der Waals surface area contributed by atoms with Crippen molar-refractivity contribution in [3.05, 3.63) is 35.6 Å². The summed E-state index contributed by atoms with van der Waals surface area (Å²) in [7, 11) is 0. The molecule has 0 unspecified atom stereocenters. The Hall–Kier alpha value is -1.95. The van der Waals surface area contributed by atoms with Gasteiger partial charge in [-0.2, -0.15) is 0 Å². The summed E-state index contributed by atoms with van der Waals surface area (Å²) < 4.78 is 5.19. The number of hydrogen-bond donors (Lipinski definition) is 1. The van der Waals surface area contributed by atoms with Crippen LogP contribution >= 0.6 is 11.8 Å². The van der Waals surface area contributed by atoms with Crippen LogP contribution in [-0.2, 0) is 6.54 Å². The van der Waals surface area contributed by atoms with Crippen LogP contribution < -0.4 is 0 Å². The van der Waals surface area contributed by atoms with Gasteiger partial charge in [-0.1, -0.05) is 17.8 Å². The number of furan rings is 1. The van der Waals surface area contributed by atoms with Gasteiger partial charge in [0, 0.05) is 24.2 Å². The zero-order chi connectivity index (χ0) is 13.4. The molecular weight excluding hydrogens is 266 g/mol. The number of amides is 1. The van der Waals surface area contributed by atoms with Crippen LogP contribution in [0.4, 0.5) is 4.79 Å². The average molecular weight is 277 g/mol.